The summed E-state index contributed by atoms with van der Waals surface area (Å²) in [6.07, 6.45) is 1.93. The molecule has 0 aliphatic heterocycles. The number of aryl methyl sites for hydroxylation is 1. The van der Waals surface area contributed by atoms with Gasteiger partial charge in [-0.05, 0) is 49.7 Å². The fourth-order valence-corrected chi connectivity index (χ4v) is 2.33. The molecular weight excluding hydrogens is 262 g/mol. The lowest BCUT2D eigenvalue weighted by atomic mass is 10.1. The van der Waals surface area contributed by atoms with E-state index < -0.39 is 0 Å². The van der Waals surface area contributed by atoms with Gasteiger partial charge in [0.15, 0.2) is 5.69 Å². The number of fused-ring (bicyclic) bond motifs is 1. The third-order valence-electron chi connectivity index (χ3n) is 3.31. The lowest BCUT2D eigenvalue weighted by Crippen LogP contribution is -1.92. The lowest BCUT2D eigenvalue weighted by molar-refractivity contribution is 0.340. The Morgan fingerprint density at radius 1 is 1.19 bits per heavy atom. The molecule has 2 heterocycles. The third kappa shape index (κ3) is 2.34. The minimum Gasteiger partial charge on any atom is -0.494 e. The highest BCUT2D eigenvalue weighted by molar-refractivity contribution is 5.70. The van der Waals surface area contributed by atoms with Crippen LogP contribution in [0, 0.1) is 18.3 Å². The molecule has 3 rings (SSSR count). The van der Waals surface area contributed by atoms with Crippen molar-refractivity contribution in [2.24, 2.45) is 0 Å². The molecule has 0 radical (unpaired) electrons. The van der Waals surface area contributed by atoms with Gasteiger partial charge in [-0.1, -0.05) is 6.07 Å². The lowest BCUT2D eigenvalue weighted by Gasteiger charge is -2.03. The van der Waals surface area contributed by atoms with Crippen LogP contribution in [0.3, 0.4) is 0 Å². The Kier molecular flexibility index (Phi) is 3.33. The van der Waals surface area contributed by atoms with E-state index in [1.807, 2.05) is 60.8 Å². The summed E-state index contributed by atoms with van der Waals surface area (Å²) in [5.74, 6) is 0.819. The summed E-state index contributed by atoms with van der Waals surface area (Å²) in [5, 5.41) is 9.46. The van der Waals surface area contributed by atoms with E-state index in [4.69, 9.17) is 4.74 Å². The Morgan fingerprint density at radius 2 is 1.95 bits per heavy atom. The van der Waals surface area contributed by atoms with Crippen LogP contribution >= 0.6 is 0 Å². The highest BCUT2D eigenvalue weighted by Gasteiger charge is 2.13. The number of hydrogen-bond acceptors (Lipinski definition) is 3. The van der Waals surface area contributed by atoms with Crippen molar-refractivity contribution in [3.63, 3.8) is 0 Å². The topological polar surface area (TPSA) is 50.3 Å². The van der Waals surface area contributed by atoms with E-state index in [0.717, 1.165) is 22.5 Å². The molecule has 21 heavy (non-hydrogen) atoms. The van der Waals surface area contributed by atoms with Crippen LogP contribution in [0.1, 0.15) is 18.2 Å². The first-order valence-corrected chi connectivity index (χ1v) is 6.85. The molecule has 0 aliphatic rings. The maximum atomic E-state index is 9.46. The fraction of sp³-hybridized carbons (Fsp3) is 0.176. The molecule has 0 unspecified atom stereocenters. The second kappa shape index (κ2) is 5.29. The smallest absolute Gasteiger partial charge is 0.152 e. The summed E-state index contributed by atoms with van der Waals surface area (Å²) in [4.78, 5) is 4.57. The minimum absolute atomic E-state index is 0.554. The number of nitrogens with zero attached hydrogens (tertiary/aromatic N) is 3. The van der Waals surface area contributed by atoms with Gasteiger partial charge in [-0.25, -0.2) is 4.98 Å². The zero-order valence-corrected chi connectivity index (χ0v) is 12.0. The van der Waals surface area contributed by atoms with Gasteiger partial charge in [0.2, 0.25) is 0 Å². The van der Waals surface area contributed by atoms with Crippen LogP contribution in [-0.4, -0.2) is 16.0 Å². The highest BCUT2D eigenvalue weighted by Crippen LogP contribution is 2.26. The van der Waals surface area contributed by atoms with Gasteiger partial charge in [-0.15, -0.1) is 0 Å². The van der Waals surface area contributed by atoms with Gasteiger partial charge in [0, 0.05) is 11.8 Å². The molecule has 0 saturated carbocycles. The molecular formula is C17H15N3O. The van der Waals surface area contributed by atoms with Gasteiger partial charge in [0.05, 0.1) is 6.61 Å². The number of nitriles is 1. The molecule has 2 aromatic heterocycles. The molecule has 0 atom stereocenters. The van der Waals surface area contributed by atoms with Crippen LogP contribution in [0.15, 0.2) is 42.6 Å². The van der Waals surface area contributed by atoms with Crippen LogP contribution < -0.4 is 4.74 Å². The molecule has 0 fully saturated rings. The summed E-state index contributed by atoms with van der Waals surface area (Å²) in [5.41, 5.74) is 4.04. The zero-order valence-electron chi connectivity index (χ0n) is 12.0. The van der Waals surface area contributed by atoms with Crippen LogP contribution in [0.2, 0.25) is 0 Å². The summed E-state index contributed by atoms with van der Waals surface area (Å²) >= 11 is 0. The second-order valence-electron chi connectivity index (χ2n) is 4.81. The van der Waals surface area contributed by atoms with Crippen molar-refractivity contribution in [1.82, 2.24) is 9.38 Å². The van der Waals surface area contributed by atoms with Gasteiger partial charge in [0.1, 0.15) is 23.2 Å². The van der Waals surface area contributed by atoms with Crippen molar-refractivity contribution in [1.29, 1.82) is 5.26 Å². The average Bonchev–Trinajstić information content (AvgIpc) is 2.86. The van der Waals surface area contributed by atoms with Gasteiger partial charge in [-0.2, -0.15) is 5.26 Å². The summed E-state index contributed by atoms with van der Waals surface area (Å²) in [7, 11) is 0. The maximum absolute atomic E-state index is 9.46. The summed E-state index contributed by atoms with van der Waals surface area (Å²) in [6, 6.07) is 13.8. The molecule has 0 spiro atoms. The van der Waals surface area contributed by atoms with E-state index in [9.17, 15) is 5.26 Å². The molecule has 4 heteroatoms. The Hall–Kier alpha value is -2.80. The van der Waals surface area contributed by atoms with E-state index in [1.54, 1.807) is 0 Å². The first kappa shape index (κ1) is 13.2. The van der Waals surface area contributed by atoms with E-state index in [-0.39, 0.29) is 0 Å². The van der Waals surface area contributed by atoms with Crippen LogP contribution in [0.25, 0.3) is 16.9 Å². The van der Waals surface area contributed by atoms with Gasteiger partial charge >= 0.3 is 0 Å². The van der Waals surface area contributed by atoms with Crippen LogP contribution in [0.4, 0.5) is 0 Å². The Bertz CT molecular complexity index is 826. The van der Waals surface area contributed by atoms with Crippen molar-refractivity contribution >= 4 is 5.65 Å². The SMILES string of the molecule is CCOc1ccc(-c2nc3ccc(C)cn3c2C#N)cc1. The van der Waals surface area contributed by atoms with Crippen molar-refractivity contribution in [3.8, 4) is 23.1 Å². The average molecular weight is 277 g/mol. The quantitative estimate of drug-likeness (QED) is 0.735. The first-order chi connectivity index (χ1) is 10.2. The number of pyridine rings is 1. The number of hydrogen-bond donors (Lipinski definition) is 0. The van der Waals surface area contributed by atoms with Crippen molar-refractivity contribution in [2.45, 2.75) is 13.8 Å². The Labute approximate surface area is 123 Å². The van der Waals surface area contributed by atoms with Gasteiger partial charge in [-0.3, -0.25) is 4.40 Å². The van der Waals surface area contributed by atoms with Gasteiger partial charge < -0.3 is 4.74 Å². The molecule has 3 aromatic rings. The number of imidazole rings is 1. The zero-order chi connectivity index (χ0) is 14.8. The summed E-state index contributed by atoms with van der Waals surface area (Å²) in [6.45, 7) is 4.58. The number of ether oxygens (including phenoxy) is 1. The predicted octanol–water partition coefficient (Wildman–Crippen LogP) is 3.58. The predicted molar refractivity (Wildman–Crippen MR) is 81.2 cm³/mol. The van der Waals surface area contributed by atoms with Crippen molar-refractivity contribution < 1.29 is 4.74 Å². The minimum atomic E-state index is 0.554. The Balaban J connectivity index is 2.13. The highest BCUT2D eigenvalue weighted by atomic mass is 16.5. The van der Waals surface area contributed by atoms with Crippen molar-refractivity contribution in [3.05, 3.63) is 53.9 Å². The van der Waals surface area contributed by atoms with Crippen LogP contribution in [0.5, 0.6) is 5.75 Å². The summed E-state index contributed by atoms with van der Waals surface area (Å²) < 4.78 is 7.27. The molecule has 0 N–H and O–H groups in total. The molecule has 4 nitrogen and oxygen atoms in total. The van der Waals surface area contributed by atoms with E-state index in [2.05, 4.69) is 11.1 Å². The standard InChI is InChI=1S/C17H15N3O/c1-3-21-14-7-5-13(6-8-14)17-15(10-18)20-11-12(2)4-9-16(20)19-17/h4-9,11H,3H2,1-2H3. The van der Waals surface area contributed by atoms with Gasteiger partial charge in [0.25, 0.3) is 0 Å². The number of rotatable bonds is 3. The first-order valence-electron chi connectivity index (χ1n) is 6.85. The Morgan fingerprint density at radius 3 is 2.62 bits per heavy atom. The molecule has 104 valence electrons. The molecule has 0 saturated heterocycles. The number of benzene rings is 1. The van der Waals surface area contributed by atoms with E-state index in [1.165, 1.54) is 0 Å². The molecule has 0 bridgehead atoms. The molecule has 1 aromatic carbocycles. The third-order valence-corrected chi connectivity index (χ3v) is 3.31. The largest absolute Gasteiger partial charge is 0.494 e. The molecule has 0 aliphatic carbocycles. The number of aromatic nitrogens is 2. The van der Waals surface area contributed by atoms with E-state index in [0.29, 0.717) is 18.0 Å². The van der Waals surface area contributed by atoms with E-state index >= 15 is 0 Å². The normalized spacial score (nSPS) is 10.5. The van der Waals surface area contributed by atoms with Crippen molar-refractivity contribution in [2.75, 3.05) is 6.61 Å². The maximum Gasteiger partial charge on any atom is 0.152 e. The molecule has 0 amide bonds. The second-order valence-corrected chi connectivity index (χ2v) is 4.81. The fourth-order valence-electron chi connectivity index (χ4n) is 2.33. The monoisotopic (exact) mass is 277 g/mol. The van der Waals surface area contributed by atoms with Crippen LogP contribution in [-0.2, 0) is 0 Å².